The van der Waals surface area contributed by atoms with Gasteiger partial charge in [-0.3, -0.25) is 4.79 Å². The Morgan fingerprint density at radius 1 is 1.50 bits per heavy atom. The molecule has 0 bridgehead atoms. The highest BCUT2D eigenvalue weighted by Crippen LogP contribution is 2.32. The quantitative estimate of drug-likeness (QED) is 0.688. The number of benzene rings is 1. The Morgan fingerprint density at radius 2 is 2.25 bits per heavy atom. The van der Waals surface area contributed by atoms with Crippen molar-refractivity contribution in [2.45, 2.75) is 18.4 Å². The third-order valence-corrected chi connectivity index (χ3v) is 3.22. The second-order valence-corrected chi connectivity index (χ2v) is 4.18. The third kappa shape index (κ3) is 1.70. The van der Waals surface area contributed by atoms with Gasteiger partial charge in [-0.15, -0.1) is 0 Å². The Hall–Kier alpha value is -1.39. The standard InChI is InChI=1S/C12H16N2O2/c13-11(16)9-4-1-2-5-10(9)12(8-15)6-3-7-14-12/h1-2,4-5,14-15H,3,6-8H2,(H2,13,16)/t12-/m0/s1. The van der Waals surface area contributed by atoms with Gasteiger partial charge in [-0.25, -0.2) is 0 Å². The first-order valence-electron chi connectivity index (χ1n) is 5.45. The van der Waals surface area contributed by atoms with Crippen molar-refractivity contribution in [3.63, 3.8) is 0 Å². The summed E-state index contributed by atoms with van der Waals surface area (Å²) in [6, 6.07) is 7.20. The Balaban J connectivity index is 2.49. The number of carbonyl (C=O) groups is 1. The van der Waals surface area contributed by atoms with Crippen molar-refractivity contribution in [2.24, 2.45) is 5.73 Å². The third-order valence-electron chi connectivity index (χ3n) is 3.22. The molecule has 4 N–H and O–H groups in total. The van der Waals surface area contributed by atoms with Crippen LogP contribution < -0.4 is 11.1 Å². The maximum absolute atomic E-state index is 11.3. The summed E-state index contributed by atoms with van der Waals surface area (Å²) in [5.74, 6) is -0.447. The van der Waals surface area contributed by atoms with Crippen molar-refractivity contribution in [1.29, 1.82) is 0 Å². The number of aliphatic hydroxyl groups excluding tert-OH is 1. The fraction of sp³-hybridized carbons (Fsp3) is 0.417. The van der Waals surface area contributed by atoms with E-state index in [9.17, 15) is 9.90 Å². The van der Waals surface area contributed by atoms with E-state index in [0.29, 0.717) is 5.56 Å². The summed E-state index contributed by atoms with van der Waals surface area (Å²) in [7, 11) is 0. The average molecular weight is 220 g/mol. The first-order valence-corrected chi connectivity index (χ1v) is 5.45. The molecule has 1 fully saturated rings. The van der Waals surface area contributed by atoms with E-state index in [1.165, 1.54) is 0 Å². The first-order chi connectivity index (χ1) is 7.69. The topological polar surface area (TPSA) is 75.4 Å². The molecule has 1 heterocycles. The van der Waals surface area contributed by atoms with Gasteiger partial charge >= 0.3 is 0 Å². The molecule has 1 aromatic carbocycles. The van der Waals surface area contributed by atoms with Gasteiger partial charge in [-0.2, -0.15) is 0 Å². The summed E-state index contributed by atoms with van der Waals surface area (Å²) in [4.78, 5) is 11.3. The molecule has 1 saturated heterocycles. The van der Waals surface area contributed by atoms with Gasteiger partial charge in [0.1, 0.15) is 0 Å². The molecule has 4 nitrogen and oxygen atoms in total. The summed E-state index contributed by atoms with van der Waals surface area (Å²) >= 11 is 0. The SMILES string of the molecule is NC(=O)c1ccccc1[C@@]1(CO)CCCN1. The minimum atomic E-state index is -0.494. The molecule has 86 valence electrons. The smallest absolute Gasteiger partial charge is 0.249 e. The van der Waals surface area contributed by atoms with E-state index in [1.54, 1.807) is 12.1 Å². The van der Waals surface area contributed by atoms with Crippen LogP contribution >= 0.6 is 0 Å². The van der Waals surface area contributed by atoms with E-state index in [0.717, 1.165) is 24.9 Å². The molecule has 1 aromatic rings. The molecule has 1 atom stereocenters. The molecule has 0 aliphatic carbocycles. The van der Waals surface area contributed by atoms with Crippen LogP contribution in [0.4, 0.5) is 0 Å². The summed E-state index contributed by atoms with van der Waals surface area (Å²) < 4.78 is 0. The van der Waals surface area contributed by atoms with Crippen molar-refractivity contribution in [1.82, 2.24) is 5.32 Å². The number of aliphatic hydroxyl groups is 1. The molecule has 0 saturated carbocycles. The monoisotopic (exact) mass is 220 g/mol. The molecule has 0 radical (unpaired) electrons. The molecule has 4 heteroatoms. The van der Waals surface area contributed by atoms with Gasteiger partial charge < -0.3 is 16.2 Å². The zero-order chi connectivity index (χ0) is 11.6. The Bertz CT molecular complexity index is 398. The molecular formula is C12H16N2O2. The van der Waals surface area contributed by atoms with Gasteiger partial charge in [0, 0.05) is 5.56 Å². The van der Waals surface area contributed by atoms with E-state index in [1.807, 2.05) is 12.1 Å². The second kappa shape index (κ2) is 4.23. The maximum atomic E-state index is 11.3. The minimum Gasteiger partial charge on any atom is -0.394 e. The second-order valence-electron chi connectivity index (χ2n) is 4.18. The van der Waals surface area contributed by atoms with Gasteiger partial charge in [-0.05, 0) is 31.0 Å². The van der Waals surface area contributed by atoms with Gasteiger partial charge in [0.25, 0.3) is 0 Å². The van der Waals surface area contributed by atoms with Gasteiger partial charge in [0.15, 0.2) is 0 Å². The van der Waals surface area contributed by atoms with Crippen LogP contribution in [-0.2, 0) is 5.54 Å². The van der Waals surface area contributed by atoms with Crippen molar-refractivity contribution in [2.75, 3.05) is 13.2 Å². The molecule has 1 aliphatic rings. The van der Waals surface area contributed by atoms with Crippen molar-refractivity contribution in [3.05, 3.63) is 35.4 Å². The zero-order valence-electron chi connectivity index (χ0n) is 9.07. The Morgan fingerprint density at radius 3 is 2.81 bits per heavy atom. The van der Waals surface area contributed by atoms with Crippen LogP contribution in [0.2, 0.25) is 0 Å². The highest BCUT2D eigenvalue weighted by atomic mass is 16.3. The summed E-state index contributed by atoms with van der Waals surface area (Å²) in [6.45, 7) is 0.838. The van der Waals surface area contributed by atoms with E-state index in [2.05, 4.69) is 5.32 Å². The Labute approximate surface area is 94.5 Å². The number of hydrogen-bond acceptors (Lipinski definition) is 3. The van der Waals surface area contributed by atoms with Gasteiger partial charge in [-0.1, -0.05) is 18.2 Å². The normalized spacial score (nSPS) is 24.6. The summed E-state index contributed by atoms with van der Waals surface area (Å²) in [5.41, 5.74) is 6.15. The number of nitrogens with one attached hydrogen (secondary N) is 1. The van der Waals surface area contributed by atoms with Crippen LogP contribution in [0.1, 0.15) is 28.8 Å². The van der Waals surface area contributed by atoms with Gasteiger partial charge in [0.2, 0.25) is 5.91 Å². The minimum absolute atomic E-state index is 0.0166. The number of primary amides is 1. The number of carbonyl (C=O) groups excluding carboxylic acids is 1. The molecule has 16 heavy (non-hydrogen) atoms. The van der Waals surface area contributed by atoms with Crippen molar-refractivity contribution in [3.8, 4) is 0 Å². The fourth-order valence-corrected chi connectivity index (χ4v) is 2.37. The maximum Gasteiger partial charge on any atom is 0.249 e. The molecular weight excluding hydrogens is 204 g/mol. The Kier molecular flexibility index (Phi) is 2.94. The molecule has 0 aromatic heterocycles. The largest absolute Gasteiger partial charge is 0.394 e. The molecule has 0 spiro atoms. The van der Waals surface area contributed by atoms with Crippen LogP contribution in [0.3, 0.4) is 0 Å². The molecule has 1 amide bonds. The van der Waals surface area contributed by atoms with Crippen molar-refractivity contribution >= 4 is 5.91 Å². The van der Waals surface area contributed by atoms with E-state index in [-0.39, 0.29) is 6.61 Å². The number of rotatable bonds is 3. The van der Waals surface area contributed by atoms with Crippen LogP contribution in [0.15, 0.2) is 24.3 Å². The predicted octanol–water partition coefficient (Wildman–Crippen LogP) is 0.356. The highest BCUT2D eigenvalue weighted by Gasteiger charge is 2.36. The van der Waals surface area contributed by atoms with Crippen LogP contribution in [0.5, 0.6) is 0 Å². The lowest BCUT2D eigenvalue weighted by molar-refractivity contribution is 0.0994. The number of nitrogens with two attached hydrogens (primary N) is 1. The fourth-order valence-electron chi connectivity index (χ4n) is 2.37. The van der Waals surface area contributed by atoms with Gasteiger partial charge in [0.05, 0.1) is 12.1 Å². The van der Waals surface area contributed by atoms with Crippen LogP contribution in [-0.4, -0.2) is 24.2 Å². The summed E-state index contributed by atoms with van der Waals surface area (Å²) in [5, 5.41) is 12.8. The molecule has 1 aliphatic heterocycles. The van der Waals surface area contributed by atoms with E-state index < -0.39 is 11.4 Å². The zero-order valence-corrected chi connectivity index (χ0v) is 9.07. The number of hydrogen-bond donors (Lipinski definition) is 3. The number of amides is 1. The van der Waals surface area contributed by atoms with Crippen LogP contribution in [0, 0.1) is 0 Å². The molecule has 0 unspecified atom stereocenters. The molecule has 2 rings (SSSR count). The lowest BCUT2D eigenvalue weighted by atomic mass is 9.85. The lowest BCUT2D eigenvalue weighted by Gasteiger charge is -2.29. The van der Waals surface area contributed by atoms with E-state index >= 15 is 0 Å². The van der Waals surface area contributed by atoms with Crippen molar-refractivity contribution < 1.29 is 9.90 Å². The van der Waals surface area contributed by atoms with E-state index in [4.69, 9.17) is 5.73 Å². The lowest BCUT2D eigenvalue weighted by Crippen LogP contribution is -2.42. The predicted molar refractivity (Wildman–Crippen MR) is 61.0 cm³/mol. The average Bonchev–Trinajstić information content (AvgIpc) is 2.78. The summed E-state index contributed by atoms with van der Waals surface area (Å²) in [6.07, 6.45) is 1.82. The highest BCUT2D eigenvalue weighted by molar-refractivity contribution is 5.94. The van der Waals surface area contributed by atoms with Crippen LogP contribution in [0.25, 0.3) is 0 Å². The first kappa shape index (κ1) is 11.1.